The van der Waals surface area contributed by atoms with Crippen molar-refractivity contribution in [1.82, 2.24) is 51.0 Å². The summed E-state index contributed by atoms with van der Waals surface area (Å²) in [7, 11) is 3.58. The lowest BCUT2D eigenvalue weighted by Crippen LogP contribution is -2.35. The molecule has 0 unspecified atom stereocenters. The molecule has 8 rings (SSSR count). The van der Waals surface area contributed by atoms with E-state index in [1.807, 2.05) is 16.8 Å². The monoisotopic (exact) mass is 878 g/mol. The summed E-state index contributed by atoms with van der Waals surface area (Å²) in [5, 5.41) is 29.0. The second-order valence-corrected chi connectivity index (χ2v) is 16.1. The standard InChI is InChI=1S/2C20H26FN7O3.CH4/c1-13(29)22-11-16-12-28(20(30)31-16)15-3-4-18(17(21)10-15)27-7-5-14(6-8-27)9-19-23-24-25-26(19)2;1-13(29)22-11-16-12-28(20(30)31-16)15-3-4-18(17(21)10-15)27-7-5-14(6-8-27)9-19-23-25-26(2)24-19;/h2*3-4,10,14,16H,5-9,11-12H2,1-2H3,(H,22,29);1H4/t2*16-;/m00./s1. The first-order chi connectivity index (χ1) is 29.8. The number of hydrogen-bond acceptors (Lipinski definition) is 14. The smallest absolute Gasteiger partial charge is 0.414 e. The topological polar surface area (TPSA) is 211 Å². The third-order valence-electron chi connectivity index (χ3n) is 11.5. The number of hydrogen-bond donors (Lipinski definition) is 2. The number of carbonyl (C=O) groups is 4. The Balaban J connectivity index is 0.000000206. The number of cyclic esters (lactones) is 2. The van der Waals surface area contributed by atoms with Crippen molar-refractivity contribution in [2.45, 2.75) is 72.0 Å². The van der Waals surface area contributed by atoms with Crippen molar-refractivity contribution < 1.29 is 37.4 Å². The highest BCUT2D eigenvalue weighted by Gasteiger charge is 2.35. The molecule has 4 aliphatic rings. The molecule has 6 heterocycles. The number of anilines is 4. The molecule has 4 fully saturated rings. The van der Waals surface area contributed by atoms with Gasteiger partial charge in [0.1, 0.15) is 23.8 Å². The molecule has 63 heavy (non-hydrogen) atoms. The van der Waals surface area contributed by atoms with Gasteiger partial charge in [0.05, 0.1) is 56.0 Å². The van der Waals surface area contributed by atoms with Crippen molar-refractivity contribution in [3.63, 3.8) is 0 Å². The lowest BCUT2D eigenvalue weighted by molar-refractivity contribution is -0.120. The van der Waals surface area contributed by atoms with Gasteiger partial charge in [-0.05, 0) is 89.6 Å². The van der Waals surface area contributed by atoms with Crippen LogP contribution in [0.1, 0.15) is 58.6 Å². The maximum absolute atomic E-state index is 14.9. The van der Waals surface area contributed by atoms with Crippen molar-refractivity contribution >= 4 is 46.8 Å². The van der Waals surface area contributed by atoms with Crippen LogP contribution in [0.25, 0.3) is 0 Å². The Morgan fingerprint density at radius 3 is 1.59 bits per heavy atom. The summed E-state index contributed by atoms with van der Waals surface area (Å²) in [5.74, 6) is 1.39. The fourth-order valence-corrected chi connectivity index (χ4v) is 8.13. The Hall–Kier alpha value is -6.48. The number of carbonyl (C=O) groups excluding carboxylic acids is 4. The summed E-state index contributed by atoms with van der Waals surface area (Å²) < 4.78 is 42.0. The fourth-order valence-electron chi connectivity index (χ4n) is 8.13. The zero-order valence-corrected chi connectivity index (χ0v) is 35.2. The molecule has 2 aromatic heterocycles. The SMILES string of the molecule is C.CC(=O)NC[C@H]1CN(c2ccc(N3CCC(Cc4nnn(C)n4)CC3)c(F)c2)C(=O)O1.CC(=O)NC[C@H]1CN(c2ccc(N3CCC(Cc4nnnn4C)CC3)c(F)c2)C(=O)O1. The third-order valence-corrected chi connectivity index (χ3v) is 11.5. The van der Waals surface area contributed by atoms with Crippen molar-refractivity contribution in [3.05, 3.63) is 59.7 Å². The molecular weight excluding hydrogens is 823 g/mol. The van der Waals surface area contributed by atoms with Crippen LogP contribution in [0.4, 0.5) is 41.1 Å². The van der Waals surface area contributed by atoms with Crippen molar-refractivity contribution in [3.8, 4) is 0 Å². The Morgan fingerprint density at radius 2 is 1.19 bits per heavy atom. The van der Waals surface area contributed by atoms with E-state index in [1.54, 1.807) is 36.0 Å². The summed E-state index contributed by atoms with van der Waals surface area (Å²) in [6, 6.07) is 9.63. The number of rotatable bonds is 12. The Kier molecular flexibility index (Phi) is 15.0. The Morgan fingerprint density at radius 1 is 0.714 bits per heavy atom. The maximum atomic E-state index is 14.9. The lowest BCUT2D eigenvalue weighted by atomic mass is 9.93. The molecule has 0 radical (unpaired) electrons. The number of halogens is 2. The van der Waals surface area contributed by atoms with Crippen LogP contribution < -0.4 is 30.2 Å². The van der Waals surface area contributed by atoms with Crippen molar-refractivity contribution in [2.24, 2.45) is 25.9 Å². The molecule has 0 saturated carbocycles. The molecule has 4 saturated heterocycles. The number of ether oxygens (including phenoxy) is 2. The first-order valence-electron chi connectivity index (χ1n) is 20.8. The molecule has 0 bridgehead atoms. The minimum atomic E-state index is -0.541. The molecule has 2 N–H and O–H groups in total. The number of tetrazole rings is 2. The normalized spacial score (nSPS) is 19.3. The molecule has 340 valence electrons. The summed E-state index contributed by atoms with van der Waals surface area (Å²) in [6.07, 6.45) is 3.29. The molecule has 2 atom stereocenters. The predicted octanol–water partition coefficient (Wildman–Crippen LogP) is 3.18. The Labute approximate surface area is 364 Å². The molecule has 20 nitrogen and oxygen atoms in total. The molecule has 4 aromatic rings. The second-order valence-electron chi connectivity index (χ2n) is 16.1. The summed E-state index contributed by atoms with van der Waals surface area (Å²) in [5.41, 5.74) is 1.95. The number of amides is 4. The van der Waals surface area contributed by atoms with Crippen molar-refractivity contribution in [1.29, 1.82) is 0 Å². The highest BCUT2D eigenvalue weighted by Crippen LogP contribution is 2.33. The van der Waals surface area contributed by atoms with Crippen molar-refractivity contribution in [2.75, 3.05) is 72.0 Å². The molecule has 0 spiro atoms. The first-order valence-corrected chi connectivity index (χ1v) is 20.8. The van der Waals surface area contributed by atoms with E-state index in [-0.39, 0.29) is 57.1 Å². The van der Waals surface area contributed by atoms with Gasteiger partial charge < -0.3 is 29.9 Å². The lowest BCUT2D eigenvalue weighted by Gasteiger charge is -2.33. The zero-order valence-electron chi connectivity index (χ0n) is 35.2. The van der Waals surface area contributed by atoms with Gasteiger partial charge in [0.15, 0.2) is 11.6 Å². The van der Waals surface area contributed by atoms with E-state index >= 15 is 0 Å². The summed E-state index contributed by atoms with van der Waals surface area (Å²) in [6.45, 7) is 6.77. The van der Waals surface area contributed by atoms with Crippen LogP contribution in [-0.2, 0) is 46.0 Å². The van der Waals surface area contributed by atoms with Crippen LogP contribution in [0.2, 0.25) is 0 Å². The van der Waals surface area contributed by atoms with Crippen LogP contribution in [0.5, 0.6) is 0 Å². The van der Waals surface area contributed by atoms with Gasteiger partial charge in [0.25, 0.3) is 0 Å². The third kappa shape index (κ3) is 11.7. The summed E-state index contributed by atoms with van der Waals surface area (Å²) >= 11 is 0. The van der Waals surface area contributed by atoms with Crippen LogP contribution >= 0.6 is 0 Å². The Bertz CT molecular complexity index is 2220. The highest BCUT2D eigenvalue weighted by atomic mass is 19.1. The van der Waals surface area contributed by atoms with E-state index in [0.29, 0.717) is 34.6 Å². The van der Waals surface area contributed by atoms with E-state index in [4.69, 9.17) is 9.47 Å². The summed E-state index contributed by atoms with van der Waals surface area (Å²) in [4.78, 5) is 54.7. The van der Waals surface area contributed by atoms with Crippen LogP contribution in [0.15, 0.2) is 36.4 Å². The molecule has 0 aliphatic carbocycles. The maximum Gasteiger partial charge on any atom is 0.414 e. The van der Waals surface area contributed by atoms with Gasteiger partial charge in [0, 0.05) is 59.9 Å². The van der Waals surface area contributed by atoms with E-state index in [9.17, 15) is 28.0 Å². The van der Waals surface area contributed by atoms with Gasteiger partial charge >= 0.3 is 12.2 Å². The molecular formula is C41H56F2N14O6. The average Bonchev–Trinajstić information content (AvgIpc) is 4.04. The van der Waals surface area contributed by atoms with E-state index in [0.717, 1.165) is 76.4 Å². The number of aromatic nitrogens is 8. The van der Waals surface area contributed by atoms with Crippen LogP contribution in [0, 0.1) is 23.5 Å². The van der Waals surface area contributed by atoms with Gasteiger partial charge in [-0.2, -0.15) is 4.80 Å². The van der Waals surface area contributed by atoms with Gasteiger partial charge in [-0.3, -0.25) is 19.4 Å². The predicted molar refractivity (Wildman–Crippen MR) is 227 cm³/mol. The quantitative estimate of drug-likeness (QED) is 0.210. The molecule has 22 heteroatoms. The van der Waals surface area contributed by atoms with Gasteiger partial charge in [-0.1, -0.05) is 7.43 Å². The second kappa shape index (κ2) is 20.6. The average molecular weight is 879 g/mol. The minimum absolute atomic E-state index is 0. The van der Waals surface area contributed by atoms with Gasteiger partial charge in [-0.15, -0.1) is 15.3 Å². The zero-order chi connectivity index (χ0) is 43.9. The van der Waals surface area contributed by atoms with Gasteiger partial charge in [-0.25, -0.2) is 23.1 Å². The number of nitrogens with one attached hydrogen (secondary N) is 2. The molecule has 4 aliphatic heterocycles. The number of piperidine rings is 2. The van der Waals surface area contributed by atoms with Crippen LogP contribution in [0.3, 0.4) is 0 Å². The van der Waals surface area contributed by atoms with Gasteiger partial charge in [0.2, 0.25) is 11.8 Å². The fraction of sp³-hybridized carbons (Fsp3) is 0.561. The molecule has 2 aromatic carbocycles. The van der Waals surface area contributed by atoms with E-state index in [1.165, 1.54) is 40.6 Å². The number of nitrogens with zero attached hydrogens (tertiary/aromatic N) is 12. The van der Waals surface area contributed by atoms with E-state index < -0.39 is 24.4 Å². The number of aryl methyl sites for hydroxylation is 2. The first kappa shape index (κ1) is 46.0. The highest BCUT2D eigenvalue weighted by molar-refractivity contribution is 5.91. The minimum Gasteiger partial charge on any atom is -0.442 e. The van der Waals surface area contributed by atoms with E-state index in [2.05, 4.69) is 41.6 Å². The largest absolute Gasteiger partial charge is 0.442 e. The van der Waals surface area contributed by atoms with Crippen LogP contribution in [-0.4, -0.2) is 129 Å². The molecule has 4 amide bonds. The number of benzene rings is 2.